The quantitative estimate of drug-likeness (QED) is 0.913. The highest BCUT2D eigenvalue weighted by molar-refractivity contribution is 5.14. The van der Waals surface area contributed by atoms with E-state index in [0.29, 0.717) is 13.1 Å². The summed E-state index contributed by atoms with van der Waals surface area (Å²) in [6, 6.07) is 9.50. The molecule has 1 aromatic rings. The summed E-state index contributed by atoms with van der Waals surface area (Å²) in [6.45, 7) is 1.40. The molecule has 3 nitrogen and oxygen atoms in total. The normalized spacial score (nSPS) is 23.3. The summed E-state index contributed by atoms with van der Waals surface area (Å²) < 4.78 is 42.3. The van der Waals surface area contributed by atoms with Gasteiger partial charge in [-0.25, -0.2) is 0 Å². The Hall–Kier alpha value is -1.11. The maximum atomic E-state index is 12.4. The van der Waals surface area contributed by atoms with Gasteiger partial charge in [0.1, 0.15) is 6.10 Å². The zero-order valence-corrected chi connectivity index (χ0v) is 10.3. The van der Waals surface area contributed by atoms with Crippen molar-refractivity contribution in [1.29, 1.82) is 0 Å². The lowest BCUT2D eigenvalue weighted by Crippen LogP contribution is -2.51. The van der Waals surface area contributed by atoms with Gasteiger partial charge in [-0.3, -0.25) is 4.90 Å². The molecule has 0 aliphatic carbocycles. The van der Waals surface area contributed by atoms with Gasteiger partial charge in [0.15, 0.2) is 6.10 Å². The minimum Gasteiger partial charge on any atom is -0.381 e. The Balaban J connectivity index is 1.94. The van der Waals surface area contributed by atoms with Crippen LogP contribution in [0.4, 0.5) is 13.2 Å². The van der Waals surface area contributed by atoms with Gasteiger partial charge in [0.2, 0.25) is 0 Å². The van der Waals surface area contributed by atoms with Crippen molar-refractivity contribution >= 4 is 0 Å². The number of aliphatic hydroxyl groups excluding tert-OH is 1. The number of hydrogen-bond acceptors (Lipinski definition) is 3. The molecule has 0 amide bonds. The van der Waals surface area contributed by atoms with Crippen molar-refractivity contribution in [1.82, 2.24) is 4.90 Å². The second-order valence-corrected chi connectivity index (χ2v) is 4.62. The molecule has 6 heteroatoms. The van der Waals surface area contributed by atoms with E-state index in [0.717, 1.165) is 5.56 Å². The Bertz CT molecular complexity index is 397. The summed E-state index contributed by atoms with van der Waals surface area (Å²) in [5.41, 5.74) is 1.03. The molecule has 2 atom stereocenters. The van der Waals surface area contributed by atoms with Crippen LogP contribution in [0.3, 0.4) is 0 Å². The molecule has 0 saturated carbocycles. The number of nitrogens with zero attached hydrogens (tertiary/aromatic N) is 1. The molecule has 1 heterocycles. The molecule has 2 rings (SSSR count). The predicted octanol–water partition coefficient (Wildman–Crippen LogP) is 1.81. The molecule has 1 fully saturated rings. The Morgan fingerprint density at radius 2 is 2.00 bits per heavy atom. The molecule has 1 aliphatic heterocycles. The first-order chi connectivity index (χ1) is 8.97. The molecule has 106 valence electrons. The van der Waals surface area contributed by atoms with E-state index in [4.69, 9.17) is 4.74 Å². The summed E-state index contributed by atoms with van der Waals surface area (Å²) in [5, 5.41) is 9.22. The lowest BCUT2D eigenvalue weighted by molar-refractivity contribution is -0.245. The van der Waals surface area contributed by atoms with E-state index in [-0.39, 0.29) is 13.2 Å². The number of benzene rings is 1. The molecule has 1 aliphatic rings. The van der Waals surface area contributed by atoms with Crippen molar-refractivity contribution in [3.8, 4) is 0 Å². The molecule has 0 spiro atoms. The largest absolute Gasteiger partial charge is 0.416 e. The van der Waals surface area contributed by atoms with Gasteiger partial charge >= 0.3 is 6.18 Å². The van der Waals surface area contributed by atoms with E-state index < -0.39 is 18.4 Å². The van der Waals surface area contributed by atoms with Gasteiger partial charge in [-0.05, 0) is 5.56 Å². The van der Waals surface area contributed by atoms with Gasteiger partial charge < -0.3 is 9.84 Å². The third-order valence-electron chi connectivity index (χ3n) is 3.11. The van der Waals surface area contributed by atoms with E-state index in [9.17, 15) is 18.3 Å². The molecule has 1 N–H and O–H groups in total. The molecular weight excluding hydrogens is 259 g/mol. The highest BCUT2D eigenvalue weighted by Gasteiger charge is 2.45. The van der Waals surface area contributed by atoms with Crippen molar-refractivity contribution in [2.45, 2.75) is 24.9 Å². The van der Waals surface area contributed by atoms with Crippen molar-refractivity contribution in [2.24, 2.45) is 0 Å². The van der Waals surface area contributed by atoms with Gasteiger partial charge in [0, 0.05) is 19.6 Å². The van der Waals surface area contributed by atoms with Crippen LogP contribution in [-0.4, -0.2) is 48.1 Å². The number of rotatable bonds is 3. The summed E-state index contributed by atoms with van der Waals surface area (Å²) >= 11 is 0. The molecule has 1 aromatic carbocycles. The zero-order valence-electron chi connectivity index (χ0n) is 10.3. The number of halogens is 3. The van der Waals surface area contributed by atoms with E-state index in [1.54, 1.807) is 0 Å². The van der Waals surface area contributed by atoms with Crippen LogP contribution in [-0.2, 0) is 11.3 Å². The van der Waals surface area contributed by atoms with E-state index >= 15 is 0 Å². The topological polar surface area (TPSA) is 32.7 Å². The zero-order chi connectivity index (χ0) is 13.9. The fourth-order valence-electron chi connectivity index (χ4n) is 2.12. The number of morpholine rings is 1. The maximum absolute atomic E-state index is 12.4. The second kappa shape index (κ2) is 5.90. The number of ether oxygens (including phenoxy) is 1. The monoisotopic (exact) mass is 275 g/mol. The third kappa shape index (κ3) is 3.92. The van der Waals surface area contributed by atoms with Gasteiger partial charge in [-0.2, -0.15) is 13.2 Å². The summed E-state index contributed by atoms with van der Waals surface area (Å²) in [5.74, 6) is 0. The SMILES string of the molecule is OC(C1CN(Cc2ccccc2)CCO1)C(F)(F)F. The first-order valence-electron chi connectivity index (χ1n) is 6.09. The summed E-state index contributed by atoms with van der Waals surface area (Å²) in [6.07, 6.45) is -8.27. The predicted molar refractivity (Wildman–Crippen MR) is 63.5 cm³/mol. The fraction of sp³-hybridized carbons (Fsp3) is 0.538. The fourth-order valence-corrected chi connectivity index (χ4v) is 2.12. The van der Waals surface area contributed by atoms with Crippen molar-refractivity contribution < 1.29 is 23.0 Å². The minimum absolute atomic E-state index is 0.0789. The standard InChI is InChI=1S/C13H16F3NO2/c14-13(15,16)12(18)11-9-17(6-7-19-11)8-10-4-2-1-3-5-10/h1-5,11-12,18H,6-9H2. The number of aliphatic hydroxyl groups is 1. The van der Waals surface area contributed by atoms with Crippen molar-refractivity contribution in [3.63, 3.8) is 0 Å². The minimum atomic E-state index is -4.64. The van der Waals surface area contributed by atoms with Crippen LogP contribution in [0.1, 0.15) is 5.56 Å². The lowest BCUT2D eigenvalue weighted by atomic mass is 10.1. The van der Waals surface area contributed by atoms with Gasteiger partial charge in [-0.15, -0.1) is 0 Å². The highest BCUT2D eigenvalue weighted by Crippen LogP contribution is 2.26. The first-order valence-corrected chi connectivity index (χ1v) is 6.09. The second-order valence-electron chi connectivity index (χ2n) is 4.62. The Kier molecular flexibility index (Phi) is 4.44. The molecule has 2 unspecified atom stereocenters. The molecule has 1 saturated heterocycles. The van der Waals surface area contributed by atoms with Crippen molar-refractivity contribution in [2.75, 3.05) is 19.7 Å². The summed E-state index contributed by atoms with van der Waals surface area (Å²) in [4.78, 5) is 1.86. The Morgan fingerprint density at radius 1 is 1.32 bits per heavy atom. The van der Waals surface area contributed by atoms with E-state index in [1.807, 2.05) is 35.2 Å². The number of hydrogen-bond donors (Lipinski definition) is 1. The van der Waals surface area contributed by atoms with Crippen LogP contribution < -0.4 is 0 Å². The Labute approximate surface area is 109 Å². The lowest BCUT2D eigenvalue weighted by Gasteiger charge is -2.35. The van der Waals surface area contributed by atoms with Gasteiger partial charge in [0.25, 0.3) is 0 Å². The highest BCUT2D eigenvalue weighted by atomic mass is 19.4. The summed E-state index contributed by atoms with van der Waals surface area (Å²) in [7, 11) is 0. The van der Waals surface area contributed by atoms with Crippen LogP contribution >= 0.6 is 0 Å². The molecule has 0 radical (unpaired) electrons. The van der Waals surface area contributed by atoms with Crippen LogP contribution in [0, 0.1) is 0 Å². The van der Waals surface area contributed by atoms with Crippen LogP contribution in [0.2, 0.25) is 0 Å². The average molecular weight is 275 g/mol. The molecule has 0 bridgehead atoms. The van der Waals surface area contributed by atoms with Gasteiger partial charge in [0.05, 0.1) is 6.61 Å². The smallest absolute Gasteiger partial charge is 0.381 e. The van der Waals surface area contributed by atoms with E-state index in [1.165, 1.54) is 0 Å². The molecular formula is C13H16F3NO2. The van der Waals surface area contributed by atoms with Crippen LogP contribution in [0.15, 0.2) is 30.3 Å². The van der Waals surface area contributed by atoms with Gasteiger partial charge in [-0.1, -0.05) is 30.3 Å². The van der Waals surface area contributed by atoms with E-state index in [2.05, 4.69) is 0 Å². The van der Waals surface area contributed by atoms with Crippen LogP contribution in [0.5, 0.6) is 0 Å². The first kappa shape index (κ1) is 14.3. The average Bonchev–Trinajstić information content (AvgIpc) is 2.38. The number of alkyl halides is 3. The third-order valence-corrected chi connectivity index (χ3v) is 3.11. The molecule has 0 aromatic heterocycles. The molecule has 19 heavy (non-hydrogen) atoms. The Morgan fingerprint density at radius 3 is 2.63 bits per heavy atom. The van der Waals surface area contributed by atoms with Crippen LogP contribution in [0.25, 0.3) is 0 Å². The maximum Gasteiger partial charge on any atom is 0.416 e. The van der Waals surface area contributed by atoms with Crippen molar-refractivity contribution in [3.05, 3.63) is 35.9 Å².